The van der Waals surface area contributed by atoms with E-state index >= 15 is 0 Å². The minimum absolute atomic E-state index is 0.340. The molecule has 1 fully saturated rings. The van der Waals surface area contributed by atoms with Gasteiger partial charge < -0.3 is 4.74 Å². The molecule has 0 unspecified atom stereocenters. The van der Waals surface area contributed by atoms with Crippen molar-refractivity contribution in [2.24, 2.45) is 0 Å². The van der Waals surface area contributed by atoms with Crippen molar-refractivity contribution in [1.29, 1.82) is 0 Å². The first-order chi connectivity index (χ1) is 9.66. The van der Waals surface area contributed by atoms with Gasteiger partial charge in [0.05, 0.1) is 29.9 Å². The van der Waals surface area contributed by atoms with Crippen molar-refractivity contribution in [3.63, 3.8) is 0 Å². The fourth-order valence-corrected chi connectivity index (χ4v) is 2.11. The van der Waals surface area contributed by atoms with Gasteiger partial charge in [0.1, 0.15) is 0 Å². The van der Waals surface area contributed by atoms with Crippen LogP contribution in [0.25, 0.3) is 0 Å². The number of carbonyl (C=O) groups excluding carboxylic acids is 1. The molecule has 7 heteroatoms. The molecule has 0 bridgehead atoms. The van der Waals surface area contributed by atoms with E-state index in [1.807, 2.05) is 0 Å². The number of hydrogen-bond acceptors (Lipinski definition) is 4. The quantitative estimate of drug-likeness (QED) is 0.666. The molecule has 0 saturated carbocycles. The van der Waals surface area contributed by atoms with Crippen LogP contribution in [0, 0.1) is 0 Å². The molecule has 1 aromatic rings. The largest absolute Gasteiger partial charge is 0.379 e. The summed E-state index contributed by atoms with van der Waals surface area (Å²) >= 11 is 11.6. The average Bonchev–Trinajstić information content (AvgIpc) is 2.47. The predicted octanol–water partition coefficient (Wildman–Crippen LogP) is 1.99. The maximum absolute atomic E-state index is 11.8. The Bertz CT molecular complexity index is 465. The number of nitrogens with one attached hydrogen (secondary N) is 1. The predicted molar refractivity (Wildman–Crippen MR) is 77.1 cm³/mol. The highest BCUT2D eigenvalue weighted by Gasteiger charge is 2.11. The van der Waals surface area contributed by atoms with Crippen LogP contribution in [0.5, 0.6) is 0 Å². The van der Waals surface area contributed by atoms with Gasteiger partial charge in [-0.25, -0.2) is 5.48 Å². The lowest BCUT2D eigenvalue weighted by molar-refractivity contribution is -0.00176. The van der Waals surface area contributed by atoms with Gasteiger partial charge in [-0.3, -0.25) is 14.5 Å². The number of rotatable bonds is 5. The molecule has 2 rings (SSSR count). The van der Waals surface area contributed by atoms with E-state index in [1.165, 1.54) is 6.07 Å². The second-order valence-corrected chi connectivity index (χ2v) is 5.18. The fourth-order valence-electron chi connectivity index (χ4n) is 1.81. The van der Waals surface area contributed by atoms with Crippen molar-refractivity contribution in [2.75, 3.05) is 39.5 Å². The summed E-state index contributed by atoms with van der Waals surface area (Å²) in [5, 5.41) is 0.754. The Hall–Kier alpha value is -0.850. The Kier molecular flexibility index (Phi) is 6.06. The van der Waals surface area contributed by atoms with E-state index in [1.54, 1.807) is 12.1 Å². The fraction of sp³-hybridized carbons (Fsp3) is 0.462. The lowest BCUT2D eigenvalue weighted by atomic mass is 10.2. The molecule has 0 spiro atoms. The van der Waals surface area contributed by atoms with Crippen molar-refractivity contribution < 1.29 is 14.4 Å². The molecule has 1 aliphatic heterocycles. The summed E-state index contributed by atoms with van der Waals surface area (Å²) in [6, 6.07) is 4.67. The van der Waals surface area contributed by atoms with Crippen LogP contribution in [-0.4, -0.2) is 50.3 Å². The summed E-state index contributed by atoms with van der Waals surface area (Å²) in [5.74, 6) is -0.342. The van der Waals surface area contributed by atoms with Crippen molar-refractivity contribution in [2.45, 2.75) is 0 Å². The van der Waals surface area contributed by atoms with Crippen LogP contribution in [0.1, 0.15) is 10.4 Å². The lowest BCUT2D eigenvalue weighted by Gasteiger charge is -2.26. The van der Waals surface area contributed by atoms with Crippen molar-refractivity contribution >= 4 is 29.1 Å². The first-order valence-corrected chi connectivity index (χ1v) is 7.09. The molecule has 20 heavy (non-hydrogen) atoms. The van der Waals surface area contributed by atoms with Gasteiger partial charge in [-0.05, 0) is 18.2 Å². The minimum Gasteiger partial charge on any atom is -0.379 e. The van der Waals surface area contributed by atoms with Gasteiger partial charge in [-0.1, -0.05) is 23.2 Å². The third kappa shape index (κ3) is 4.61. The molecule has 1 aromatic carbocycles. The van der Waals surface area contributed by atoms with E-state index in [0.717, 1.165) is 32.8 Å². The number of carbonyl (C=O) groups is 1. The van der Waals surface area contributed by atoms with Crippen LogP contribution in [0.15, 0.2) is 18.2 Å². The molecule has 1 N–H and O–H groups in total. The van der Waals surface area contributed by atoms with Gasteiger partial charge in [0.2, 0.25) is 0 Å². The van der Waals surface area contributed by atoms with Crippen LogP contribution < -0.4 is 5.48 Å². The second kappa shape index (κ2) is 7.81. The first-order valence-electron chi connectivity index (χ1n) is 6.34. The maximum atomic E-state index is 11.8. The molecular formula is C13H16Cl2N2O3. The number of ether oxygens (including phenoxy) is 1. The smallest absolute Gasteiger partial charge is 0.274 e. The Morgan fingerprint density at radius 2 is 2.05 bits per heavy atom. The topological polar surface area (TPSA) is 50.8 Å². The highest BCUT2D eigenvalue weighted by molar-refractivity contribution is 6.42. The third-order valence-electron chi connectivity index (χ3n) is 2.96. The van der Waals surface area contributed by atoms with Crippen LogP contribution in [0.2, 0.25) is 10.0 Å². The van der Waals surface area contributed by atoms with Crippen LogP contribution in [0.3, 0.4) is 0 Å². The van der Waals surface area contributed by atoms with Gasteiger partial charge in [-0.2, -0.15) is 0 Å². The minimum atomic E-state index is -0.342. The van der Waals surface area contributed by atoms with E-state index in [-0.39, 0.29) is 5.91 Å². The summed E-state index contributed by atoms with van der Waals surface area (Å²) in [6.45, 7) is 4.46. The number of nitrogens with zero attached hydrogens (tertiary/aromatic N) is 1. The van der Waals surface area contributed by atoms with Gasteiger partial charge in [0.15, 0.2) is 0 Å². The summed E-state index contributed by atoms with van der Waals surface area (Å²) in [5.41, 5.74) is 2.79. The van der Waals surface area contributed by atoms with E-state index in [4.69, 9.17) is 32.8 Å². The van der Waals surface area contributed by atoms with E-state index in [0.29, 0.717) is 22.2 Å². The van der Waals surface area contributed by atoms with E-state index < -0.39 is 0 Å². The van der Waals surface area contributed by atoms with Crippen molar-refractivity contribution in [3.8, 4) is 0 Å². The Morgan fingerprint density at radius 1 is 1.30 bits per heavy atom. The van der Waals surface area contributed by atoms with Gasteiger partial charge in [0, 0.05) is 25.2 Å². The Balaban J connectivity index is 1.70. The van der Waals surface area contributed by atoms with Crippen molar-refractivity contribution in [1.82, 2.24) is 10.4 Å². The SMILES string of the molecule is O=C(NOCCN1CCOCC1)c1ccc(Cl)c(Cl)c1. The summed E-state index contributed by atoms with van der Waals surface area (Å²) in [7, 11) is 0. The summed E-state index contributed by atoms with van der Waals surface area (Å²) in [4.78, 5) is 19.2. The molecular weight excluding hydrogens is 303 g/mol. The summed E-state index contributed by atoms with van der Waals surface area (Å²) in [6.07, 6.45) is 0. The zero-order valence-corrected chi connectivity index (χ0v) is 12.4. The standard InChI is InChI=1S/C13H16Cl2N2O3/c14-11-2-1-10(9-12(11)15)13(18)16-20-8-5-17-3-6-19-7-4-17/h1-2,9H,3-8H2,(H,16,18). The number of amides is 1. The monoisotopic (exact) mass is 318 g/mol. The molecule has 1 saturated heterocycles. The summed E-state index contributed by atoms with van der Waals surface area (Å²) < 4.78 is 5.25. The highest BCUT2D eigenvalue weighted by Crippen LogP contribution is 2.22. The highest BCUT2D eigenvalue weighted by atomic mass is 35.5. The lowest BCUT2D eigenvalue weighted by Crippen LogP contribution is -2.39. The molecule has 0 radical (unpaired) electrons. The molecule has 5 nitrogen and oxygen atoms in total. The van der Waals surface area contributed by atoms with Gasteiger partial charge in [-0.15, -0.1) is 0 Å². The average molecular weight is 319 g/mol. The van der Waals surface area contributed by atoms with E-state index in [9.17, 15) is 4.79 Å². The zero-order valence-electron chi connectivity index (χ0n) is 10.9. The molecule has 0 atom stereocenters. The van der Waals surface area contributed by atoms with Gasteiger partial charge >= 0.3 is 0 Å². The Labute approximate surface area is 127 Å². The Morgan fingerprint density at radius 3 is 2.75 bits per heavy atom. The first kappa shape index (κ1) is 15.5. The number of hydrogen-bond donors (Lipinski definition) is 1. The van der Waals surface area contributed by atoms with E-state index in [2.05, 4.69) is 10.4 Å². The molecule has 110 valence electrons. The number of benzene rings is 1. The number of hydroxylamine groups is 1. The van der Waals surface area contributed by atoms with Crippen molar-refractivity contribution in [3.05, 3.63) is 33.8 Å². The van der Waals surface area contributed by atoms with Crippen LogP contribution in [0.4, 0.5) is 0 Å². The zero-order chi connectivity index (χ0) is 14.4. The molecule has 0 aromatic heterocycles. The molecule has 1 amide bonds. The maximum Gasteiger partial charge on any atom is 0.274 e. The molecule has 1 heterocycles. The number of morpholine rings is 1. The molecule has 0 aliphatic carbocycles. The van der Waals surface area contributed by atoms with Crippen LogP contribution in [-0.2, 0) is 9.57 Å². The number of halogens is 2. The third-order valence-corrected chi connectivity index (χ3v) is 3.70. The van der Waals surface area contributed by atoms with Gasteiger partial charge in [0.25, 0.3) is 5.91 Å². The normalized spacial score (nSPS) is 16.1. The molecule has 1 aliphatic rings. The second-order valence-electron chi connectivity index (χ2n) is 4.36. The van der Waals surface area contributed by atoms with Crippen LogP contribution >= 0.6 is 23.2 Å².